The molecule has 86 valence electrons. The average molecular weight is 239 g/mol. The fourth-order valence-corrected chi connectivity index (χ4v) is 2.10. The summed E-state index contributed by atoms with van der Waals surface area (Å²) in [7, 11) is 0. The monoisotopic (exact) mass is 239 g/mol. The molecular weight excluding hydrogens is 226 g/mol. The maximum atomic E-state index is 11.8. The lowest BCUT2D eigenvalue weighted by molar-refractivity contribution is -0.132. The van der Waals surface area contributed by atoms with Crippen molar-refractivity contribution in [2.75, 3.05) is 32.1 Å². The molecule has 1 aromatic heterocycles. The summed E-state index contributed by atoms with van der Waals surface area (Å²) < 4.78 is 5.19. The second-order valence-corrected chi connectivity index (χ2v) is 4.26. The van der Waals surface area contributed by atoms with E-state index < -0.39 is 0 Å². The molecule has 0 spiro atoms. The van der Waals surface area contributed by atoms with E-state index in [1.165, 1.54) is 11.8 Å². The maximum Gasteiger partial charge on any atom is 0.233 e. The first-order valence-corrected chi connectivity index (χ1v) is 6.10. The van der Waals surface area contributed by atoms with Crippen LogP contribution in [-0.2, 0) is 9.53 Å². The number of carbonyl (C=O) groups excluding carboxylic acids is 1. The third-order valence-corrected chi connectivity index (χ3v) is 3.09. The fraction of sp³-hybridized carbons (Fsp3) is 0.500. The first-order valence-electron chi connectivity index (χ1n) is 5.11. The molecule has 1 saturated heterocycles. The Morgan fingerprint density at radius 1 is 1.38 bits per heavy atom. The first-order chi connectivity index (χ1) is 7.86. The molecule has 16 heavy (non-hydrogen) atoms. The topological polar surface area (TPSA) is 55.3 Å². The third-order valence-electron chi connectivity index (χ3n) is 2.23. The van der Waals surface area contributed by atoms with E-state index in [2.05, 4.69) is 9.97 Å². The van der Waals surface area contributed by atoms with Gasteiger partial charge in [0.15, 0.2) is 5.16 Å². The number of aromatic nitrogens is 2. The Morgan fingerprint density at radius 3 is 2.75 bits per heavy atom. The van der Waals surface area contributed by atoms with Crippen LogP contribution in [0.3, 0.4) is 0 Å². The van der Waals surface area contributed by atoms with E-state index in [0.29, 0.717) is 37.2 Å². The van der Waals surface area contributed by atoms with E-state index in [1.54, 1.807) is 18.5 Å². The van der Waals surface area contributed by atoms with Gasteiger partial charge in [0.1, 0.15) is 0 Å². The molecule has 1 fully saturated rings. The molecule has 1 aromatic rings. The van der Waals surface area contributed by atoms with Crippen LogP contribution in [0.25, 0.3) is 0 Å². The van der Waals surface area contributed by atoms with E-state index >= 15 is 0 Å². The van der Waals surface area contributed by atoms with Gasteiger partial charge in [-0.1, -0.05) is 11.8 Å². The van der Waals surface area contributed by atoms with E-state index in [9.17, 15) is 4.79 Å². The van der Waals surface area contributed by atoms with Crippen molar-refractivity contribution in [2.45, 2.75) is 5.16 Å². The van der Waals surface area contributed by atoms with Crippen LogP contribution in [0.15, 0.2) is 23.6 Å². The van der Waals surface area contributed by atoms with E-state index in [1.807, 2.05) is 4.90 Å². The van der Waals surface area contributed by atoms with Crippen molar-refractivity contribution in [3.63, 3.8) is 0 Å². The molecule has 1 aliphatic heterocycles. The standard InChI is InChI=1S/C10H13N3O2S/c14-9(13-4-6-15-7-5-13)8-16-10-11-2-1-3-12-10/h1-3H,4-8H2. The minimum atomic E-state index is 0.126. The summed E-state index contributed by atoms with van der Waals surface area (Å²) in [6.45, 7) is 2.65. The van der Waals surface area contributed by atoms with Gasteiger partial charge >= 0.3 is 0 Å². The highest BCUT2D eigenvalue weighted by atomic mass is 32.2. The molecule has 1 aliphatic rings. The van der Waals surface area contributed by atoms with Crippen LogP contribution in [0.1, 0.15) is 0 Å². The van der Waals surface area contributed by atoms with E-state index in [-0.39, 0.29) is 5.91 Å². The Balaban J connectivity index is 1.79. The largest absolute Gasteiger partial charge is 0.378 e. The van der Waals surface area contributed by atoms with Crippen LogP contribution in [0.4, 0.5) is 0 Å². The summed E-state index contributed by atoms with van der Waals surface area (Å²) in [4.78, 5) is 21.7. The Hall–Kier alpha value is -1.14. The molecule has 6 heteroatoms. The number of amides is 1. The second-order valence-electron chi connectivity index (χ2n) is 3.31. The number of hydrogen-bond donors (Lipinski definition) is 0. The fourth-order valence-electron chi connectivity index (χ4n) is 1.39. The normalized spacial score (nSPS) is 16.1. The van der Waals surface area contributed by atoms with Crippen molar-refractivity contribution in [3.8, 4) is 0 Å². The summed E-state index contributed by atoms with van der Waals surface area (Å²) in [5.41, 5.74) is 0. The van der Waals surface area contributed by atoms with Crippen LogP contribution < -0.4 is 0 Å². The van der Waals surface area contributed by atoms with Gasteiger partial charge in [0, 0.05) is 25.5 Å². The quantitative estimate of drug-likeness (QED) is 0.565. The molecule has 0 radical (unpaired) electrons. The molecule has 0 saturated carbocycles. The molecule has 0 unspecified atom stereocenters. The predicted molar refractivity (Wildman–Crippen MR) is 60.2 cm³/mol. The number of nitrogens with zero attached hydrogens (tertiary/aromatic N) is 3. The smallest absolute Gasteiger partial charge is 0.233 e. The highest BCUT2D eigenvalue weighted by molar-refractivity contribution is 7.99. The van der Waals surface area contributed by atoms with Crippen LogP contribution in [0, 0.1) is 0 Å². The summed E-state index contributed by atoms with van der Waals surface area (Å²) in [5.74, 6) is 0.519. The first kappa shape index (κ1) is 11.3. The molecular formula is C10H13N3O2S. The molecule has 0 aromatic carbocycles. The van der Waals surface area contributed by atoms with E-state index in [0.717, 1.165) is 0 Å². The van der Waals surface area contributed by atoms with Crippen molar-refractivity contribution < 1.29 is 9.53 Å². The van der Waals surface area contributed by atoms with Gasteiger partial charge in [0.25, 0.3) is 0 Å². The van der Waals surface area contributed by atoms with E-state index in [4.69, 9.17) is 4.74 Å². The van der Waals surface area contributed by atoms with Gasteiger partial charge < -0.3 is 9.64 Å². The summed E-state index contributed by atoms with van der Waals surface area (Å²) in [6, 6.07) is 1.76. The van der Waals surface area contributed by atoms with Crippen molar-refractivity contribution in [1.29, 1.82) is 0 Å². The Kier molecular flexibility index (Phi) is 4.12. The van der Waals surface area contributed by atoms with Crippen LogP contribution in [-0.4, -0.2) is 52.8 Å². The van der Waals surface area contributed by atoms with Crippen LogP contribution in [0.2, 0.25) is 0 Å². The lowest BCUT2D eigenvalue weighted by atomic mass is 10.4. The Labute approximate surface area is 98.2 Å². The number of thioether (sulfide) groups is 1. The van der Waals surface area contributed by atoms with Crippen molar-refractivity contribution >= 4 is 17.7 Å². The molecule has 0 N–H and O–H groups in total. The lowest BCUT2D eigenvalue weighted by Gasteiger charge is -2.26. The SMILES string of the molecule is O=C(CSc1ncccn1)N1CCOCC1. The summed E-state index contributed by atoms with van der Waals surface area (Å²) in [5, 5.41) is 0.643. The van der Waals surface area contributed by atoms with Crippen LogP contribution in [0.5, 0.6) is 0 Å². The van der Waals surface area contributed by atoms with Gasteiger partial charge in [-0.3, -0.25) is 4.79 Å². The minimum absolute atomic E-state index is 0.126. The Morgan fingerprint density at radius 2 is 2.06 bits per heavy atom. The number of carbonyl (C=O) groups is 1. The number of hydrogen-bond acceptors (Lipinski definition) is 5. The predicted octanol–water partition coefficient (Wildman–Crippen LogP) is 0.427. The Bertz CT molecular complexity index is 341. The molecule has 0 atom stereocenters. The minimum Gasteiger partial charge on any atom is -0.378 e. The average Bonchev–Trinajstić information content (AvgIpc) is 2.38. The zero-order valence-electron chi connectivity index (χ0n) is 8.83. The lowest BCUT2D eigenvalue weighted by Crippen LogP contribution is -2.41. The van der Waals surface area contributed by atoms with Gasteiger partial charge in [-0.05, 0) is 6.07 Å². The van der Waals surface area contributed by atoms with Crippen molar-refractivity contribution in [1.82, 2.24) is 14.9 Å². The summed E-state index contributed by atoms with van der Waals surface area (Å²) >= 11 is 1.37. The number of morpholine rings is 1. The van der Waals surface area contributed by atoms with Gasteiger partial charge in [-0.15, -0.1) is 0 Å². The molecule has 0 aliphatic carbocycles. The third kappa shape index (κ3) is 3.18. The van der Waals surface area contributed by atoms with Gasteiger partial charge in [-0.2, -0.15) is 0 Å². The molecule has 2 rings (SSSR count). The zero-order valence-corrected chi connectivity index (χ0v) is 9.65. The number of ether oxygens (including phenoxy) is 1. The maximum absolute atomic E-state index is 11.8. The molecule has 5 nitrogen and oxygen atoms in total. The van der Waals surface area contributed by atoms with Gasteiger partial charge in [0.05, 0.1) is 19.0 Å². The highest BCUT2D eigenvalue weighted by Crippen LogP contribution is 2.12. The highest BCUT2D eigenvalue weighted by Gasteiger charge is 2.16. The molecule has 0 bridgehead atoms. The van der Waals surface area contributed by atoms with Crippen molar-refractivity contribution in [3.05, 3.63) is 18.5 Å². The van der Waals surface area contributed by atoms with Gasteiger partial charge in [0.2, 0.25) is 5.91 Å². The number of rotatable bonds is 3. The molecule has 1 amide bonds. The molecule has 2 heterocycles. The zero-order chi connectivity index (χ0) is 11.2. The summed E-state index contributed by atoms with van der Waals surface area (Å²) in [6.07, 6.45) is 3.35. The van der Waals surface area contributed by atoms with Crippen LogP contribution >= 0.6 is 11.8 Å². The van der Waals surface area contributed by atoms with Crippen molar-refractivity contribution in [2.24, 2.45) is 0 Å². The van der Waals surface area contributed by atoms with Gasteiger partial charge in [-0.25, -0.2) is 9.97 Å². The second kappa shape index (κ2) is 5.81.